The van der Waals surface area contributed by atoms with E-state index in [4.69, 9.17) is 14.2 Å². The molecule has 170 valence electrons. The summed E-state index contributed by atoms with van der Waals surface area (Å²) in [5.41, 5.74) is 5.26. The van der Waals surface area contributed by atoms with E-state index < -0.39 is 37.1 Å². The van der Waals surface area contributed by atoms with E-state index in [2.05, 4.69) is 33.9 Å². The molecule has 0 aromatic heterocycles. The van der Waals surface area contributed by atoms with Crippen LogP contribution in [0.4, 0.5) is 0 Å². The molecule has 0 bridgehead atoms. The Morgan fingerprint density at radius 3 is 2.34 bits per heavy atom. The number of hydrogen-bond acceptors (Lipinski definition) is 7. The molecule has 7 nitrogen and oxygen atoms in total. The minimum atomic E-state index is -1.46. The average molecular weight is 440 g/mol. The Kier molecular flexibility index (Phi) is 6.31. The first kappa shape index (κ1) is 23.1. The van der Waals surface area contributed by atoms with E-state index in [1.165, 1.54) is 18.2 Å². The molecule has 0 spiro atoms. The number of aliphatic hydroxyl groups is 4. The summed E-state index contributed by atoms with van der Waals surface area (Å²) < 4.78 is 16.9. The van der Waals surface area contributed by atoms with Gasteiger partial charge in [0.1, 0.15) is 57.7 Å². The molecule has 0 unspecified atom stereocenters. The van der Waals surface area contributed by atoms with E-state index in [0.717, 1.165) is 17.5 Å². The van der Waals surface area contributed by atoms with Crippen LogP contribution in [0.5, 0.6) is 11.5 Å². The molecule has 4 rings (SSSR count). The van der Waals surface area contributed by atoms with Crippen molar-refractivity contribution in [2.75, 3.05) is 20.8 Å². The summed E-state index contributed by atoms with van der Waals surface area (Å²) in [5, 5.41) is 40.7. The van der Waals surface area contributed by atoms with Gasteiger partial charge in [-0.25, -0.2) is 0 Å². The largest absolute Gasteiger partial charge is 0.496 e. The van der Waals surface area contributed by atoms with Crippen LogP contribution in [0.15, 0.2) is 30.3 Å². The summed E-state index contributed by atoms with van der Waals surface area (Å²) in [6.45, 7) is -0.488. The number of fused-ring (bicyclic) bond motifs is 1. The van der Waals surface area contributed by atoms with Gasteiger partial charge in [0.2, 0.25) is 0 Å². The van der Waals surface area contributed by atoms with Crippen molar-refractivity contribution in [1.29, 1.82) is 0 Å². The van der Waals surface area contributed by atoms with Gasteiger partial charge < -0.3 is 34.6 Å². The molecule has 5 atom stereocenters. The molecule has 1 aliphatic carbocycles. The fraction of sp³-hybridized carbons (Fsp3) is 0.478. The monoisotopic (exact) mass is 440 g/mol. The van der Waals surface area contributed by atoms with Crippen LogP contribution in [-0.2, 0) is 22.8 Å². The van der Waals surface area contributed by atoms with E-state index in [0.29, 0.717) is 23.5 Å². The average Bonchev–Trinajstić information content (AvgIpc) is 2.78. The maximum Gasteiger partial charge on any atom is 0.128 e. The second kappa shape index (κ2) is 8.72. The Morgan fingerprint density at radius 2 is 1.72 bits per heavy atom. The van der Waals surface area contributed by atoms with Gasteiger partial charge in [-0.1, -0.05) is 29.0 Å². The summed E-state index contributed by atoms with van der Waals surface area (Å²) in [4.78, 5) is 0. The lowest BCUT2D eigenvalue weighted by Gasteiger charge is -2.40. The molecule has 2 aromatic carbocycles. The fourth-order valence-corrected chi connectivity index (χ4v) is 4.91. The van der Waals surface area contributed by atoms with Crippen molar-refractivity contribution < 1.29 is 34.6 Å². The van der Waals surface area contributed by atoms with Crippen LogP contribution >= 0.6 is 0 Å². The van der Waals surface area contributed by atoms with Crippen molar-refractivity contribution in [2.45, 2.75) is 48.6 Å². The van der Waals surface area contributed by atoms with Crippen LogP contribution in [-0.4, -0.2) is 81.4 Å². The van der Waals surface area contributed by atoms with Crippen LogP contribution in [0, 0.1) is 0 Å². The first-order chi connectivity index (χ1) is 15.2. The second-order valence-electron chi connectivity index (χ2n) is 9.38. The van der Waals surface area contributed by atoms with Gasteiger partial charge in [0.15, 0.2) is 0 Å². The van der Waals surface area contributed by atoms with Gasteiger partial charge >= 0.3 is 0 Å². The predicted molar refractivity (Wildman–Crippen MR) is 124 cm³/mol. The van der Waals surface area contributed by atoms with Crippen molar-refractivity contribution in [3.05, 3.63) is 58.1 Å². The highest BCUT2D eigenvalue weighted by Gasteiger charge is 2.45. The Morgan fingerprint density at radius 1 is 1.00 bits per heavy atom. The standard InChI is InChI=1S/C23H30B2O7/c1-30-16-8-17(31-2)14(22-21(29)20(28)19(27)18(10-26)32-22)7-13(16)5-11-3-4-12-9-23(24,25)15(12)6-11/h3-4,6-8,18-22,26-29H,5,9-10,24-25H2,1-2H3/t18-,19-,20+,21-,22+/m1/s1. The molecule has 9 heteroatoms. The Bertz CT molecular complexity index is 995. The minimum Gasteiger partial charge on any atom is -0.496 e. The molecule has 1 fully saturated rings. The number of rotatable bonds is 6. The first-order valence-corrected chi connectivity index (χ1v) is 10.9. The van der Waals surface area contributed by atoms with Gasteiger partial charge in [0.25, 0.3) is 0 Å². The molecule has 0 amide bonds. The lowest BCUT2D eigenvalue weighted by atomic mass is 9.42. The Balaban J connectivity index is 1.72. The van der Waals surface area contributed by atoms with E-state index in [-0.39, 0.29) is 5.21 Å². The highest BCUT2D eigenvalue weighted by Crippen LogP contribution is 2.41. The molecule has 32 heavy (non-hydrogen) atoms. The summed E-state index contributed by atoms with van der Waals surface area (Å²) in [5.74, 6) is 1.06. The molecule has 4 N–H and O–H groups in total. The Hall–Kier alpha value is -2.03. The number of hydrogen-bond donors (Lipinski definition) is 4. The molecule has 2 aromatic rings. The van der Waals surface area contributed by atoms with Crippen molar-refractivity contribution in [1.82, 2.24) is 0 Å². The maximum absolute atomic E-state index is 10.6. The van der Waals surface area contributed by atoms with Crippen LogP contribution in [0.25, 0.3) is 0 Å². The third-order valence-corrected chi connectivity index (χ3v) is 6.76. The van der Waals surface area contributed by atoms with Gasteiger partial charge in [-0.3, -0.25) is 0 Å². The summed E-state index contributed by atoms with van der Waals surface area (Å²) >= 11 is 0. The third kappa shape index (κ3) is 3.93. The molecular formula is C23H30B2O7. The lowest BCUT2D eigenvalue weighted by Crippen LogP contribution is -2.55. The van der Waals surface area contributed by atoms with E-state index in [1.807, 2.05) is 6.07 Å². The number of ether oxygens (including phenoxy) is 3. The molecule has 1 heterocycles. The second-order valence-corrected chi connectivity index (χ2v) is 9.38. The zero-order valence-corrected chi connectivity index (χ0v) is 18.9. The third-order valence-electron chi connectivity index (χ3n) is 6.76. The molecule has 1 aliphatic heterocycles. The van der Waals surface area contributed by atoms with Gasteiger partial charge in [-0.15, -0.1) is 0 Å². The summed E-state index contributed by atoms with van der Waals surface area (Å²) in [6, 6.07) is 10.1. The topological polar surface area (TPSA) is 109 Å². The smallest absolute Gasteiger partial charge is 0.128 e. The van der Waals surface area contributed by atoms with Crippen LogP contribution in [0.2, 0.25) is 0 Å². The Labute approximate surface area is 189 Å². The van der Waals surface area contributed by atoms with E-state index in [1.54, 1.807) is 13.2 Å². The maximum atomic E-state index is 10.6. The van der Waals surface area contributed by atoms with Gasteiger partial charge in [0, 0.05) is 18.1 Å². The molecular weight excluding hydrogens is 410 g/mol. The normalized spacial score (nSPS) is 28.5. The number of benzene rings is 2. The van der Waals surface area contributed by atoms with Crippen molar-refractivity contribution >= 4 is 15.7 Å². The van der Waals surface area contributed by atoms with Gasteiger partial charge in [-0.05, 0) is 29.2 Å². The number of methoxy groups -OCH3 is 2. The van der Waals surface area contributed by atoms with Gasteiger partial charge in [-0.2, -0.15) is 0 Å². The first-order valence-electron chi connectivity index (χ1n) is 10.9. The van der Waals surface area contributed by atoms with Gasteiger partial charge in [0.05, 0.1) is 20.8 Å². The zero-order valence-electron chi connectivity index (χ0n) is 18.9. The fourth-order valence-electron chi connectivity index (χ4n) is 4.91. The summed E-state index contributed by atoms with van der Waals surface area (Å²) in [6.07, 6.45) is -4.57. The van der Waals surface area contributed by atoms with E-state index >= 15 is 0 Å². The molecule has 1 saturated heterocycles. The highest BCUT2D eigenvalue weighted by atomic mass is 16.5. The predicted octanol–water partition coefficient (Wildman–Crippen LogP) is -1.22. The highest BCUT2D eigenvalue weighted by molar-refractivity contribution is 6.41. The lowest BCUT2D eigenvalue weighted by molar-refractivity contribution is -0.232. The van der Waals surface area contributed by atoms with Crippen LogP contribution in [0.3, 0.4) is 0 Å². The van der Waals surface area contributed by atoms with Crippen LogP contribution in [0.1, 0.15) is 33.9 Å². The van der Waals surface area contributed by atoms with Crippen LogP contribution < -0.4 is 9.47 Å². The van der Waals surface area contributed by atoms with Crippen molar-refractivity contribution in [3.63, 3.8) is 0 Å². The number of aliphatic hydroxyl groups excluding tert-OH is 4. The SMILES string of the molecule is BC1(B)Cc2ccc(Cc3cc([C@@H]4O[C@H](CO)[C@@H](O)[C@H](O)[C@H]4O)c(OC)cc3OC)cc21. The van der Waals surface area contributed by atoms with Crippen molar-refractivity contribution in [2.24, 2.45) is 0 Å². The molecule has 2 aliphatic rings. The molecule has 0 radical (unpaired) electrons. The summed E-state index contributed by atoms with van der Waals surface area (Å²) in [7, 11) is 7.57. The zero-order chi connectivity index (χ0) is 23.2. The van der Waals surface area contributed by atoms with E-state index in [9.17, 15) is 20.4 Å². The quantitative estimate of drug-likeness (QED) is 0.418. The minimum absolute atomic E-state index is 0.177. The van der Waals surface area contributed by atoms with Crippen molar-refractivity contribution in [3.8, 4) is 11.5 Å². The molecule has 0 saturated carbocycles.